The number of hydrogen-bond acceptors (Lipinski definition) is 3. The fraction of sp³-hybridized carbons (Fsp3) is 0.174. The topological polar surface area (TPSA) is 55.1 Å². The molecule has 0 saturated carbocycles. The number of para-hydroxylation sites is 2. The van der Waals surface area contributed by atoms with E-state index in [9.17, 15) is 9.90 Å². The van der Waals surface area contributed by atoms with Gasteiger partial charge in [0.25, 0.3) is 0 Å². The highest BCUT2D eigenvalue weighted by molar-refractivity contribution is 6.22. The molecule has 1 N–H and O–H groups in total. The monoisotopic (exact) mass is 652 g/mol. The Bertz CT molecular complexity index is 2470. The molecule has 0 saturated heterocycles. The number of fused-ring (bicyclic) bond motifs is 4. The molecule has 1 aliphatic rings. The molecule has 8 rings (SSSR count). The van der Waals surface area contributed by atoms with Crippen molar-refractivity contribution in [3.8, 4) is 56.2 Å². The summed E-state index contributed by atoms with van der Waals surface area (Å²) in [5, 5.41) is 12.2. The Labute approximate surface area is 293 Å². The Balaban J connectivity index is 1.44. The Kier molecular flexibility index (Phi) is 7.20. The van der Waals surface area contributed by atoms with Crippen LogP contribution < -0.4 is 0 Å². The number of carbonyl (C=O) groups excluding carboxylic acids is 1. The number of benzene rings is 6. The summed E-state index contributed by atoms with van der Waals surface area (Å²) in [5.74, 6) is 0.947. The molecule has 0 radical (unpaired) electrons. The number of phenolic OH excluding ortho intramolecular Hbond substituents is 1. The fourth-order valence-corrected chi connectivity index (χ4v) is 7.29. The second kappa shape index (κ2) is 11.4. The van der Waals surface area contributed by atoms with Crippen molar-refractivity contribution in [1.82, 2.24) is 9.55 Å². The van der Waals surface area contributed by atoms with Gasteiger partial charge in [-0.25, -0.2) is 4.98 Å². The second-order valence-corrected chi connectivity index (χ2v) is 15.4. The molecule has 0 spiro atoms. The van der Waals surface area contributed by atoms with E-state index >= 15 is 0 Å². The van der Waals surface area contributed by atoms with Crippen LogP contribution in [0.1, 0.15) is 68.6 Å². The fourth-order valence-electron chi connectivity index (χ4n) is 7.29. The van der Waals surface area contributed by atoms with Gasteiger partial charge in [0.2, 0.25) is 0 Å². The van der Waals surface area contributed by atoms with Crippen LogP contribution in [-0.4, -0.2) is 20.4 Å². The van der Waals surface area contributed by atoms with Crippen molar-refractivity contribution >= 4 is 16.8 Å². The van der Waals surface area contributed by atoms with Crippen LogP contribution >= 0.6 is 0 Å². The van der Waals surface area contributed by atoms with E-state index in [-0.39, 0.29) is 22.4 Å². The highest BCUT2D eigenvalue weighted by Crippen LogP contribution is 2.46. The van der Waals surface area contributed by atoms with E-state index in [4.69, 9.17) is 4.98 Å². The van der Waals surface area contributed by atoms with Crippen molar-refractivity contribution in [2.75, 3.05) is 0 Å². The molecule has 7 aromatic rings. The third-order valence-electron chi connectivity index (χ3n) is 9.98. The van der Waals surface area contributed by atoms with Gasteiger partial charge in [0, 0.05) is 27.8 Å². The first kappa shape index (κ1) is 31.5. The Morgan fingerprint density at radius 2 is 1.18 bits per heavy atom. The van der Waals surface area contributed by atoms with Gasteiger partial charge in [-0.3, -0.25) is 9.36 Å². The van der Waals surface area contributed by atoms with Gasteiger partial charge in [-0.1, -0.05) is 145 Å². The second-order valence-electron chi connectivity index (χ2n) is 15.4. The van der Waals surface area contributed by atoms with Gasteiger partial charge in [0.15, 0.2) is 5.78 Å². The molecule has 0 bridgehead atoms. The first-order chi connectivity index (χ1) is 23.9. The molecular weight excluding hydrogens is 613 g/mol. The lowest BCUT2D eigenvalue weighted by molar-refractivity contribution is 0.104. The minimum Gasteiger partial charge on any atom is -0.507 e. The van der Waals surface area contributed by atoms with Crippen LogP contribution in [0.4, 0.5) is 0 Å². The van der Waals surface area contributed by atoms with Crippen molar-refractivity contribution < 1.29 is 9.90 Å². The quantitative estimate of drug-likeness (QED) is 0.206. The summed E-state index contributed by atoms with van der Waals surface area (Å²) >= 11 is 0. The smallest absolute Gasteiger partial charge is 0.194 e. The predicted octanol–water partition coefficient (Wildman–Crippen LogP) is 11.5. The van der Waals surface area contributed by atoms with Crippen molar-refractivity contribution in [2.24, 2.45) is 0 Å². The average Bonchev–Trinajstić information content (AvgIpc) is 3.63. The number of aromatic hydroxyl groups is 1. The van der Waals surface area contributed by atoms with E-state index in [1.807, 2.05) is 36.4 Å². The average molecular weight is 653 g/mol. The maximum Gasteiger partial charge on any atom is 0.194 e. The van der Waals surface area contributed by atoms with Gasteiger partial charge in [0.1, 0.15) is 11.6 Å². The minimum atomic E-state index is -0.307. The third-order valence-corrected chi connectivity index (χ3v) is 9.98. The number of rotatable bonds is 4. The van der Waals surface area contributed by atoms with Crippen LogP contribution in [0, 0.1) is 0 Å². The molecule has 0 amide bonds. The molecule has 1 heterocycles. The standard InChI is InChI=1S/C46H40N2O2/c1-45(2,3)30-26-37(43(50)38(27-30)46(4,5)6)44-47-41-32(29-23-24-34-33-18-10-11-19-35(33)42(49)36(34)25-29)20-14-22-40(41)48(44)39-21-13-12-17-31(39)28-15-8-7-9-16-28/h7-27,50H,1-6H3. The zero-order valence-electron chi connectivity index (χ0n) is 29.4. The molecule has 1 aliphatic carbocycles. The van der Waals surface area contributed by atoms with Gasteiger partial charge < -0.3 is 5.11 Å². The molecule has 0 unspecified atom stereocenters. The molecule has 0 aliphatic heterocycles. The van der Waals surface area contributed by atoms with Crippen molar-refractivity contribution in [2.45, 2.75) is 52.4 Å². The predicted molar refractivity (Wildman–Crippen MR) is 205 cm³/mol. The summed E-state index contributed by atoms with van der Waals surface area (Å²) in [6, 6.07) is 43.2. The van der Waals surface area contributed by atoms with E-state index in [1.54, 1.807) is 0 Å². The number of imidazole rings is 1. The minimum absolute atomic E-state index is 0.0475. The molecule has 1 aromatic heterocycles. The van der Waals surface area contributed by atoms with Gasteiger partial charge in [-0.05, 0) is 62.9 Å². The van der Waals surface area contributed by atoms with Crippen LogP contribution in [0.25, 0.3) is 61.5 Å². The van der Waals surface area contributed by atoms with Crippen molar-refractivity contribution in [3.63, 3.8) is 0 Å². The number of hydrogen-bond donors (Lipinski definition) is 1. The number of ketones is 1. The molecule has 6 aromatic carbocycles. The van der Waals surface area contributed by atoms with Crippen LogP contribution in [0.2, 0.25) is 0 Å². The SMILES string of the molecule is CC(C)(C)c1cc(-c2nc3c(-c4ccc5c(c4)C(=O)c4ccccc4-5)cccc3n2-c2ccccc2-c2ccccc2)c(O)c(C(C)(C)C)c1. The molecule has 4 heteroatoms. The maximum absolute atomic E-state index is 13.6. The lowest BCUT2D eigenvalue weighted by Gasteiger charge is -2.27. The number of phenols is 1. The number of nitrogens with zero attached hydrogens (tertiary/aromatic N) is 2. The zero-order valence-corrected chi connectivity index (χ0v) is 29.4. The molecule has 0 fully saturated rings. The highest BCUT2D eigenvalue weighted by Gasteiger charge is 2.30. The van der Waals surface area contributed by atoms with E-state index < -0.39 is 0 Å². The molecule has 50 heavy (non-hydrogen) atoms. The normalized spacial score (nSPS) is 12.7. The number of carbonyl (C=O) groups is 1. The van der Waals surface area contributed by atoms with Crippen molar-refractivity contribution in [3.05, 3.63) is 150 Å². The van der Waals surface area contributed by atoms with E-state index in [2.05, 4.69) is 137 Å². The molecule has 4 nitrogen and oxygen atoms in total. The summed E-state index contributed by atoms with van der Waals surface area (Å²) in [4.78, 5) is 19.0. The largest absolute Gasteiger partial charge is 0.507 e. The molecular formula is C46H40N2O2. The van der Waals surface area contributed by atoms with Crippen LogP contribution in [-0.2, 0) is 10.8 Å². The summed E-state index contributed by atoms with van der Waals surface area (Å²) < 4.78 is 2.20. The summed E-state index contributed by atoms with van der Waals surface area (Å²) in [6.07, 6.45) is 0. The van der Waals surface area contributed by atoms with Crippen LogP contribution in [0.15, 0.2) is 127 Å². The van der Waals surface area contributed by atoms with Gasteiger partial charge >= 0.3 is 0 Å². The third kappa shape index (κ3) is 5.06. The maximum atomic E-state index is 13.6. The molecule has 246 valence electrons. The lowest BCUT2D eigenvalue weighted by Crippen LogP contribution is -2.17. The summed E-state index contributed by atoms with van der Waals surface area (Å²) in [7, 11) is 0. The van der Waals surface area contributed by atoms with Crippen LogP contribution in [0.3, 0.4) is 0 Å². The van der Waals surface area contributed by atoms with E-state index in [0.717, 1.165) is 66.8 Å². The summed E-state index contributed by atoms with van der Waals surface area (Å²) in [6.45, 7) is 13.0. The Hall–Kier alpha value is -5.74. The van der Waals surface area contributed by atoms with Crippen molar-refractivity contribution in [1.29, 1.82) is 0 Å². The van der Waals surface area contributed by atoms with Crippen LogP contribution in [0.5, 0.6) is 5.75 Å². The Morgan fingerprint density at radius 3 is 1.90 bits per heavy atom. The first-order valence-electron chi connectivity index (χ1n) is 17.2. The molecule has 0 atom stereocenters. The van der Waals surface area contributed by atoms with Gasteiger partial charge in [-0.2, -0.15) is 0 Å². The zero-order chi connectivity index (χ0) is 34.9. The van der Waals surface area contributed by atoms with Gasteiger partial charge in [-0.15, -0.1) is 0 Å². The highest BCUT2D eigenvalue weighted by atomic mass is 16.3. The van der Waals surface area contributed by atoms with E-state index in [0.29, 0.717) is 17.0 Å². The number of aromatic nitrogens is 2. The first-order valence-corrected chi connectivity index (χ1v) is 17.2. The van der Waals surface area contributed by atoms with E-state index in [1.165, 1.54) is 0 Å². The summed E-state index contributed by atoms with van der Waals surface area (Å²) in [5.41, 5.74) is 12.3. The Morgan fingerprint density at radius 1 is 0.540 bits per heavy atom. The lowest BCUT2D eigenvalue weighted by atomic mass is 9.79. The van der Waals surface area contributed by atoms with Gasteiger partial charge in [0.05, 0.1) is 22.3 Å².